The van der Waals surface area contributed by atoms with Crippen LogP contribution in [-0.2, 0) is 6.54 Å². The number of halogens is 1. The smallest absolute Gasteiger partial charge is 0.0692 e. The Kier molecular flexibility index (Phi) is 4.33. The first-order valence-corrected chi connectivity index (χ1v) is 7.52. The van der Waals surface area contributed by atoms with Crippen molar-refractivity contribution in [3.63, 3.8) is 0 Å². The van der Waals surface area contributed by atoms with Crippen molar-refractivity contribution in [3.8, 4) is 0 Å². The van der Waals surface area contributed by atoms with Gasteiger partial charge in [0.2, 0.25) is 0 Å². The van der Waals surface area contributed by atoms with Crippen LogP contribution in [0, 0.1) is 0 Å². The Hall–Kier alpha value is -1.39. The second kappa shape index (κ2) is 6.37. The molecule has 4 nitrogen and oxygen atoms in total. The summed E-state index contributed by atoms with van der Waals surface area (Å²) in [5, 5.41) is 12.2. The average Bonchev–Trinajstić information content (AvgIpc) is 2.91. The molecule has 3 rings (SSSR count). The van der Waals surface area contributed by atoms with Gasteiger partial charge in [-0.2, -0.15) is 0 Å². The molecule has 1 heterocycles. The molecule has 0 spiro atoms. The average molecular weight is 291 g/mol. The van der Waals surface area contributed by atoms with Crippen molar-refractivity contribution >= 4 is 11.6 Å². The van der Waals surface area contributed by atoms with E-state index in [1.807, 2.05) is 23.0 Å². The standard InChI is InChI=1S/C15H19ClN4/c16-14-4-2-12(3-5-14)13-10-15(11-13)17-6-1-8-20-9-7-18-19-20/h2-5,7,9,13,15,17H,1,6,8,10-11H2. The largest absolute Gasteiger partial charge is 0.314 e. The van der Waals surface area contributed by atoms with Gasteiger partial charge in [0.05, 0.1) is 6.20 Å². The lowest BCUT2D eigenvalue weighted by molar-refractivity contribution is 0.288. The van der Waals surface area contributed by atoms with Crippen molar-refractivity contribution in [2.75, 3.05) is 6.54 Å². The van der Waals surface area contributed by atoms with E-state index in [-0.39, 0.29) is 0 Å². The van der Waals surface area contributed by atoms with Gasteiger partial charge in [-0.1, -0.05) is 28.9 Å². The molecule has 1 aliphatic carbocycles. The third-order valence-corrected chi connectivity index (χ3v) is 4.20. The number of hydrogen-bond donors (Lipinski definition) is 1. The lowest BCUT2D eigenvalue weighted by Crippen LogP contribution is -2.40. The van der Waals surface area contributed by atoms with Crippen LogP contribution in [0.25, 0.3) is 0 Å². The van der Waals surface area contributed by atoms with Crippen LogP contribution < -0.4 is 5.32 Å². The van der Waals surface area contributed by atoms with Crippen LogP contribution in [0.5, 0.6) is 0 Å². The number of benzene rings is 1. The van der Waals surface area contributed by atoms with Crippen LogP contribution in [0.4, 0.5) is 0 Å². The number of hydrogen-bond acceptors (Lipinski definition) is 3. The first kappa shape index (κ1) is 13.6. The van der Waals surface area contributed by atoms with Crippen LogP contribution >= 0.6 is 11.6 Å². The molecule has 0 aliphatic heterocycles. The molecule has 0 saturated heterocycles. The van der Waals surface area contributed by atoms with Crippen LogP contribution in [0.3, 0.4) is 0 Å². The minimum absolute atomic E-state index is 0.659. The molecule has 5 heteroatoms. The lowest BCUT2D eigenvalue weighted by Gasteiger charge is -2.36. The van der Waals surface area contributed by atoms with Gasteiger partial charge in [-0.15, -0.1) is 5.10 Å². The highest BCUT2D eigenvalue weighted by atomic mass is 35.5. The van der Waals surface area contributed by atoms with Gasteiger partial charge >= 0.3 is 0 Å². The van der Waals surface area contributed by atoms with E-state index < -0.39 is 0 Å². The maximum Gasteiger partial charge on any atom is 0.0692 e. The third kappa shape index (κ3) is 3.38. The molecule has 1 N–H and O–H groups in total. The van der Waals surface area contributed by atoms with Crippen LogP contribution in [-0.4, -0.2) is 27.6 Å². The van der Waals surface area contributed by atoms with E-state index in [2.05, 4.69) is 27.8 Å². The van der Waals surface area contributed by atoms with Crippen molar-refractivity contribution in [2.45, 2.75) is 37.8 Å². The fourth-order valence-corrected chi connectivity index (χ4v) is 2.82. The number of rotatable bonds is 6. The minimum Gasteiger partial charge on any atom is -0.314 e. The molecular weight excluding hydrogens is 272 g/mol. The van der Waals surface area contributed by atoms with E-state index in [0.29, 0.717) is 12.0 Å². The van der Waals surface area contributed by atoms with Gasteiger partial charge in [-0.05, 0) is 49.4 Å². The molecule has 20 heavy (non-hydrogen) atoms. The molecule has 0 radical (unpaired) electrons. The normalized spacial score (nSPS) is 21.6. The zero-order valence-electron chi connectivity index (χ0n) is 11.4. The number of nitrogens with zero attached hydrogens (tertiary/aromatic N) is 3. The second-order valence-electron chi connectivity index (χ2n) is 5.39. The van der Waals surface area contributed by atoms with Gasteiger partial charge in [-0.25, -0.2) is 0 Å². The van der Waals surface area contributed by atoms with E-state index in [0.717, 1.165) is 24.5 Å². The molecule has 1 saturated carbocycles. The predicted molar refractivity (Wildman–Crippen MR) is 79.9 cm³/mol. The highest BCUT2D eigenvalue weighted by Crippen LogP contribution is 2.37. The fraction of sp³-hybridized carbons (Fsp3) is 0.467. The van der Waals surface area contributed by atoms with Gasteiger partial charge in [-0.3, -0.25) is 4.68 Å². The van der Waals surface area contributed by atoms with Crippen molar-refractivity contribution < 1.29 is 0 Å². The third-order valence-electron chi connectivity index (χ3n) is 3.95. The maximum atomic E-state index is 5.91. The summed E-state index contributed by atoms with van der Waals surface area (Å²) >= 11 is 5.91. The summed E-state index contributed by atoms with van der Waals surface area (Å²) < 4.78 is 1.87. The number of nitrogens with one attached hydrogen (secondary N) is 1. The van der Waals surface area contributed by atoms with Gasteiger partial charge in [0.1, 0.15) is 0 Å². The first-order chi connectivity index (χ1) is 9.81. The molecule has 1 aromatic heterocycles. The Labute approximate surface area is 124 Å². The number of aromatic nitrogens is 3. The number of aryl methyl sites for hydroxylation is 1. The SMILES string of the molecule is Clc1ccc(C2CC(NCCCn3ccnn3)C2)cc1. The van der Waals surface area contributed by atoms with Gasteiger partial charge < -0.3 is 5.32 Å². The summed E-state index contributed by atoms with van der Waals surface area (Å²) in [6, 6.07) is 8.92. The molecule has 0 amide bonds. The second-order valence-corrected chi connectivity index (χ2v) is 5.83. The van der Waals surface area contributed by atoms with Crippen molar-refractivity contribution in [2.24, 2.45) is 0 Å². The molecule has 1 aromatic carbocycles. The van der Waals surface area contributed by atoms with Gasteiger partial charge in [0.15, 0.2) is 0 Å². The van der Waals surface area contributed by atoms with Crippen molar-refractivity contribution in [3.05, 3.63) is 47.2 Å². The minimum atomic E-state index is 0.659. The quantitative estimate of drug-likeness (QED) is 0.832. The highest BCUT2D eigenvalue weighted by molar-refractivity contribution is 6.30. The van der Waals surface area contributed by atoms with Gasteiger partial charge in [0.25, 0.3) is 0 Å². The summed E-state index contributed by atoms with van der Waals surface area (Å²) in [5.74, 6) is 0.695. The van der Waals surface area contributed by atoms with E-state index in [1.54, 1.807) is 6.20 Å². The Morgan fingerprint density at radius 2 is 2.05 bits per heavy atom. The van der Waals surface area contributed by atoms with Crippen LogP contribution in [0.15, 0.2) is 36.7 Å². The Morgan fingerprint density at radius 1 is 1.25 bits per heavy atom. The molecule has 1 aliphatic rings. The highest BCUT2D eigenvalue weighted by Gasteiger charge is 2.29. The molecule has 106 valence electrons. The lowest BCUT2D eigenvalue weighted by atomic mass is 9.76. The van der Waals surface area contributed by atoms with E-state index in [9.17, 15) is 0 Å². The molecule has 0 bridgehead atoms. The summed E-state index contributed by atoms with van der Waals surface area (Å²) in [6.07, 6.45) is 7.16. The zero-order valence-corrected chi connectivity index (χ0v) is 12.1. The molecular formula is C15H19ClN4. The fourth-order valence-electron chi connectivity index (χ4n) is 2.69. The monoisotopic (exact) mass is 290 g/mol. The summed E-state index contributed by atoms with van der Waals surface area (Å²) in [7, 11) is 0. The molecule has 1 fully saturated rings. The first-order valence-electron chi connectivity index (χ1n) is 7.14. The molecule has 0 unspecified atom stereocenters. The van der Waals surface area contributed by atoms with E-state index in [1.165, 1.54) is 18.4 Å². The van der Waals surface area contributed by atoms with Crippen LogP contribution in [0.1, 0.15) is 30.7 Å². The Morgan fingerprint density at radius 3 is 2.75 bits per heavy atom. The van der Waals surface area contributed by atoms with Crippen LogP contribution in [0.2, 0.25) is 5.02 Å². The van der Waals surface area contributed by atoms with E-state index in [4.69, 9.17) is 11.6 Å². The maximum absolute atomic E-state index is 5.91. The van der Waals surface area contributed by atoms with Gasteiger partial charge in [0, 0.05) is 23.8 Å². The van der Waals surface area contributed by atoms with Crippen molar-refractivity contribution in [1.82, 2.24) is 20.3 Å². The molecule has 0 atom stereocenters. The van der Waals surface area contributed by atoms with E-state index >= 15 is 0 Å². The predicted octanol–water partition coefficient (Wildman–Crippen LogP) is 2.86. The Bertz CT molecular complexity index is 517. The van der Waals surface area contributed by atoms with Crippen molar-refractivity contribution in [1.29, 1.82) is 0 Å². The Balaban J connectivity index is 1.33. The summed E-state index contributed by atoms with van der Waals surface area (Å²) in [5.41, 5.74) is 1.41. The summed E-state index contributed by atoms with van der Waals surface area (Å²) in [4.78, 5) is 0. The topological polar surface area (TPSA) is 42.7 Å². The summed E-state index contributed by atoms with van der Waals surface area (Å²) in [6.45, 7) is 1.97. The molecule has 2 aromatic rings. The zero-order chi connectivity index (χ0) is 13.8.